The van der Waals surface area contributed by atoms with E-state index in [2.05, 4.69) is 10.6 Å². The molecular weight excluding hydrogens is 388 g/mol. The summed E-state index contributed by atoms with van der Waals surface area (Å²) in [6, 6.07) is 15.5. The Morgan fingerprint density at radius 2 is 1.59 bits per heavy atom. The van der Waals surface area contributed by atoms with Crippen LogP contribution in [-0.4, -0.2) is 24.4 Å². The number of anilines is 2. The van der Waals surface area contributed by atoms with Gasteiger partial charge in [-0.05, 0) is 60.7 Å². The van der Waals surface area contributed by atoms with E-state index >= 15 is 0 Å². The summed E-state index contributed by atoms with van der Waals surface area (Å²) in [5.41, 5.74) is 3.45. The first kappa shape index (κ1) is 20.3. The van der Waals surface area contributed by atoms with E-state index in [0.29, 0.717) is 16.1 Å². The van der Waals surface area contributed by atoms with Gasteiger partial charge in [0.1, 0.15) is 0 Å². The Bertz CT molecular complexity index is 1010. The highest BCUT2D eigenvalue weighted by Crippen LogP contribution is 2.19. The summed E-state index contributed by atoms with van der Waals surface area (Å²) in [6.07, 6.45) is 0. The van der Waals surface area contributed by atoms with Crippen molar-refractivity contribution in [3.05, 3.63) is 81.5 Å². The molecule has 0 aliphatic rings. The molecule has 6 nitrogen and oxygen atoms in total. The van der Waals surface area contributed by atoms with Crippen molar-refractivity contribution in [3.8, 4) is 0 Å². The minimum Gasteiger partial charge on any atom is -0.452 e. The Kier molecular flexibility index (Phi) is 6.41. The zero-order valence-corrected chi connectivity index (χ0v) is 16.8. The molecule has 0 saturated heterocycles. The zero-order chi connectivity index (χ0) is 20.8. The maximum atomic E-state index is 12.2. The van der Waals surface area contributed by atoms with Gasteiger partial charge >= 0.3 is 5.97 Å². The van der Waals surface area contributed by atoms with E-state index in [1.54, 1.807) is 24.3 Å². The summed E-state index contributed by atoms with van der Waals surface area (Å²) in [5.74, 6) is -1.23. The van der Waals surface area contributed by atoms with Gasteiger partial charge in [-0.3, -0.25) is 9.59 Å². The predicted octanol–water partition coefficient (Wildman–Crippen LogP) is 4.41. The number of thiophene rings is 1. The van der Waals surface area contributed by atoms with Crippen molar-refractivity contribution in [1.29, 1.82) is 0 Å². The van der Waals surface area contributed by atoms with Gasteiger partial charge in [0.2, 0.25) is 0 Å². The lowest BCUT2D eigenvalue weighted by Gasteiger charge is -2.11. The van der Waals surface area contributed by atoms with Gasteiger partial charge in [-0.2, -0.15) is 0 Å². The molecule has 2 N–H and O–H groups in total. The molecule has 1 heterocycles. The van der Waals surface area contributed by atoms with Gasteiger partial charge in [0.05, 0.1) is 10.4 Å². The monoisotopic (exact) mass is 408 g/mol. The number of benzene rings is 2. The van der Waals surface area contributed by atoms with Crippen LogP contribution in [-0.2, 0) is 9.53 Å². The average molecular weight is 408 g/mol. The minimum atomic E-state index is -0.613. The average Bonchev–Trinajstić information content (AvgIpc) is 3.25. The van der Waals surface area contributed by atoms with Crippen LogP contribution in [0.5, 0.6) is 0 Å². The molecular formula is C22H20N2O4S. The van der Waals surface area contributed by atoms with Crippen LogP contribution in [0.4, 0.5) is 11.4 Å². The number of nitrogens with one attached hydrogen (secondary N) is 2. The molecule has 3 aromatic rings. The van der Waals surface area contributed by atoms with Gasteiger partial charge in [0.15, 0.2) is 6.61 Å². The third-order valence-electron chi connectivity index (χ3n) is 4.20. The topological polar surface area (TPSA) is 84.5 Å². The molecule has 0 atom stereocenters. The molecule has 0 radical (unpaired) electrons. The number of ether oxygens (including phenoxy) is 1. The maximum absolute atomic E-state index is 12.2. The number of hydrogen-bond acceptors (Lipinski definition) is 5. The van der Waals surface area contributed by atoms with Crippen LogP contribution in [0.15, 0.2) is 60.0 Å². The standard InChI is InChI=1S/C22H20N2O4S/c1-14-5-3-6-15(2)20(14)24-19(25)13-28-22(27)16-8-10-17(11-9-16)23-21(26)18-7-4-12-29-18/h3-12H,13H2,1-2H3,(H,23,26)(H,24,25). The van der Waals surface area contributed by atoms with E-state index in [1.807, 2.05) is 37.4 Å². The van der Waals surface area contributed by atoms with E-state index in [0.717, 1.165) is 16.8 Å². The number of hydrogen-bond donors (Lipinski definition) is 2. The molecule has 0 aliphatic heterocycles. The summed E-state index contributed by atoms with van der Waals surface area (Å²) >= 11 is 1.35. The second kappa shape index (κ2) is 9.16. The number of amides is 2. The van der Waals surface area contributed by atoms with Crippen molar-refractivity contribution in [1.82, 2.24) is 0 Å². The van der Waals surface area contributed by atoms with E-state index in [1.165, 1.54) is 23.5 Å². The predicted molar refractivity (Wildman–Crippen MR) is 114 cm³/mol. The van der Waals surface area contributed by atoms with E-state index in [9.17, 15) is 14.4 Å². The van der Waals surface area contributed by atoms with Crippen LogP contribution >= 0.6 is 11.3 Å². The molecule has 148 valence electrons. The Morgan fingerprint density at radius 1 is 0.897 bits per heavy atom. The molecule has 0 saturated carbocycles. The molecule has 0 bridgehead atoms. The molecule has 29 heavy (non-hydrogen) atoms. The number of esters is 1. The van der Waals surface area contributed by atoms with Crippen LogP contribution in [0, 0.1) is 13.8 Å². The normalized spacial score (nSPS) is 10.3. The van der Waals surface area contributed by atoms with Crippen LogP contribution in [0.1, 0.15) is 31.2 Å². The lowest BCUT2D eigenvalue weighted by molar-refractivity contribution is -0.119. The first-order chi connectivity index (χ1) is 13.9. The quantitative estimate of drug-likeness (QED) is 0.592. The van der Waals surface area contributed by atoms with Crippen molar-refractivity contribution >= 4 is 40.5 Å². The Balaban J connectivity index is 1.53. The smallest absolute Gasteiger partial charge is 0.338 e. The number of carbonyl (C=O) groups is 3. The van der Waals surface area contributed by atoms with E-state index < -0.39 is 11.9 Å². The van der Waals surface area contributed by atoms with Gasteiger partial charge in [-0.15, -0.1) is 11.3 Å². The van der Waals surface area contributed by atoms with Crippen LogP contribution < -0.4 is 10.6 Å². The molecule has 2 aromatic carbocycles. The third-order valence-corrected chi connectivity index (χ3v) is 5.07. The summed E-state index contributed by atoms with van der Waals surface area (Å²) in [5, 5.41) is 7.34. The Morgan fingerprint density at radius 3 is 2.21 bits per heavy atom. The summed E-state index contributed by atoms with van der Waals surface area (Å²) < 4.78 is 5.09. The summed E-state index contributed by atoms with van der Waals surface area (Å²) in [4.78, 5) is 36.9. The molecule has 0 spiro atoms. The van der Waals surface area contributed by atoms with Crippen LogP contribution in [0.3, 0.4) is 0 Å². The van der Waals surface area contributed by atoms with Gasteiger partial charge < -0.3 is 15.4 Å². The van der Waals surface area contributed by atoms with E-state index in [4.69, 9.17) is 4.74 Å². The summed E-state index contributed by atoms with van der Waals surface area (Å²) in [6.45, 7) is 3.41. The molecule has 7 heteroatoms. The second-order valence-corrected chi connectivity index (χ2v) is 7.35. The number of aryl methyl sites for hydroxylation is 2. The zero-order valence-electron chi connectivity index (χ0n) is 16.0. The van der Waals surface area contributed by atoms with Crippen molar-refractivity contribution in [2.45, 2.75) is 13.8 Å². The molecule has 0 fully saturated rings. The SMILES string of the molecule is Cc1cccc(C)c1NC(=O)COC(=O)c1ccc(NC(=O)c2cccs2)cc1. The highest BCUT2D eigenvalue weighted by molar-refractivity contribution is 7.12. The fourth-order valence-corrected chi connectivity index (χ4v) is 3.31. The molecule has 3 rings (SSSR count). The first-order valence-electron chi connectivity index (χ1n) is 8.92. The third kappa shape index (κ3) is 5.30. The first-order valence-corrected chi connectivity index (χ1v) is 9.80. The van der Waals surface area contributed by atoms with Crippen molar-refractivity contribution < 1.29 is 19.1 Å². The van der Waals surface area contributed by atoms with Gasteiger partial charge in [0.25, 0.3) is 11.8 Å². The summed E-state index contributed by atoms with van der Waals surface area (Å²) in [7, 11) is 0. The number of carbonyl (C=O) groups excluding carboxylic acids is 3. The highest BCUT2D eigenvalue weighted by atomic mass is 32.1. The van der Waals surface area contributed by atoms with Crippen LogP contribution in [0.25, 0.3) is 0 Å². The number of rotatable bonds is 6. The van der Waals surface area contributed by atoms with Crippen molar-refractivity contribution in [3.63, 3.8) is 0 Å². The van der Waals surface area contributed by atoms with Crippen LogP contribution in [0.2, 0.25) is 0 Å². The molecule has 0 unspecified atom stereocenters. The lowest BCUT2D eigenvalue weighted by atomic mass is 10.1. The highest BCUT2D eigenvalue weighted by Gasteiger charge is 2.13. The largest absolute Gasteiger partial charge is 0.452 e. The van der Waals surface area contributed by atoms with Crippen molar-refractivity contribution in [2.24, 2.45) is 0 Å². The lowest BCUT2D eigenvalue weighted by Crippen LogP contribution is -2.21. The molecule has 2 amide bonds. The maximum Gasteiger partial charge on any atom is 0.338 e. The van der Waals surface area contributed by atoms with Gasteiger partial charge in [0, 0.05) is 11.4 Å². The van der Waals surface area contributed by atoms with E-state index in [-0.39, 0.29) is 12.5 Å². The van der Waals surface area contributed by atoms with Gasteiger partial charge in [-0.1, -0.05) is 24.3 Å². The Hall–Kier alpha value is -3.45. The van der Waals surface area contributed by atoms with Gasteiger partial charge in [-0.25, -0.2) is 4.79 Å². The van der Waals surface area contributed by atoms with Crippen molar-refractivity contribution in [2.75, 3.05) is 17.2 Å². The minimum absolute atomic E-state index is 0.210. The fourth-order valence-electron chi connectivity index (χ4n) is 2.69. The second-order valence-electron chi connectivity index (χ2n) is 6.40. The Labute approximate surface area is 172 Å². The number of para-hydroxylation sites is 1. The molecule has 1 aromatic heterocycles. The molecule has 0 aliphatic carbocycles. The fraction of sp³-hybridized carbons (Fsp3) is 0.136.